The highest BCUT2D eigenvalue weighted by Gasteiger charge is 2.24. The van der Waals surface area contributed by atoms with E-state index in [1.165, 1.54) is 0 Å². The smallest absolute Gasteiger partial charge is 0.256 e. The van der Waals surface area contributed by atoms with Crippen molar-refractivity contribution in [1.29, 1.82) is 0 Å². The van der Waals surface area contributed by atoms with Crippen LogP contribution in [0.1, 0.15) is 23.2 Å². The molecule has 102 valence electrons. The summed E-state index contributed by atoms with van der Waals surface area (Å²) in [6.07, 6.45) is 3.24. The summed E-state index contributed by atoms with van der Waals surface area (Å²) >= 11 is 0. The summed E-state index contributed by atoms with van der Waals surface area (Å²) in [7, 11) is 0. The van der Waals surface area contributed by atoms with Crippen molar-refractivity contribution < 1.29 is 4.79 Å². The average molecular weight is 269 g/mol. The summed E-state index contributed by atoms with van der Waals surface area (Å²) in [5.74, 6) is 0.0434. The molecule has 0 radical (unpaired) electrons. The summed E-state index contributed by atoms with van der Waals surface area (Å²) in [6.45, 7) is 1.28. The van der Waals surface area contributed by atoms with Crippen molar-refractivity contribution in [3.63, 3.8) is 0 Å². The van der Waals surface area contributed by atoms with Crippen LogP contribution in [0.5, 0.6) is 0 Å². The number of rotatable bonds is 2. The molecule has 0 saturated carbocycles. The van der Waals surface area contributed by atoms with E-state index in [4.69, 9.17) is 5.53 Å². The Morgan fingerprint density at radius 3 is 2.85 bits per heavy atom. The average Bonchev–Trinajstić information content (AvgIpc) is 2.92. The molecule has 1 aliphatic rings. The number of azide groups is 1. The lowest BCUT2D eigenvalue weighted by molar-refractivity contribution is 0.0717. The zero-order valence-electron chi connectivity index (χ0n) is 11.0. The minimum atomic E-state index is 0.0204. The first-order valence-corrected chi connectivity index (χ1v) is 6.69. The van der Waals surface area contributed by atoms with Gasteiger partial charge in [0.05, 0.1) is 5.56 Å². The van der Waals surface area contributed by atoms with Gasteiger partial charge in [-0.3, -0.25) is 4.79 Å². The number of aromatic nitrogens is 1. The number of carbonyl (C=O) groups is 1. The Labute approximate surface area is 116 Å². The van der Waals surface area contributed by atoms with Crippen LogP contribution >= 0.6 is 0 Å². The molecule has 1 aromatic carbocycles. The predicted molar refractivity (Wildman–Crippen MR) is 76.4 cm³/mol. The van der Waals surface area contributed by atoms with Crippen molar-refractivity contribution in [2.45, 2.75) is 18.9 Å². The topological polar surface area (TPSA) is 84.9 Å². The van der Waals surface area contributed by atoms with Gasteiger partial charge in [0.15, 0.2) is 0 Å². The van der Waals surface area contributed by atoms with Crippen LogP contribution in [0.4, 0.5) is 0 Å². The van der Waals surface area contributed by atoms with Gasteiger partial charge in [0.1, 0.15) is 0 Å². The molecule has 1 aliphatic heterocycles. The van der Waals surface area contributed by atoms with Crippen LogP contribution < -0.4 is 0 Å². The number of nitrogens with one attached hydrogen (secondary N) is 1. The number of para-hydroxylation sites is 1. The molecule has 0 unspecified atom stereocenters. The van der Waals surface area contributed by atoms with E-state index in [0.29, 0.717) is 18.7 Å². The van der Waals surface area contributed by atoms with Gasteiger partial charge in [0.2, 0.25) is 0 Å². The maximum absolute atomic E-state index is 12.5. The molecule has 1 amide bonds. The second-order valence-corrected chi connectivity index (χ2v) is 4.98. The monoisotopic (exact) mass is 269 g/mol. The molecule has 0 atom stereocenters. The molecule has 6 nitrogen and oxygen atoms in total. The molecule has 1 N–H and O–H groups in total. The molecule has 0 bridgehead atoms. The van der Waals surface area contributed by atoms with Crippen LogP contribution in [0, 0.1) is 0 Å². The van der Waals surface area contributed by atoms with E-state index < -0.39 is 0 Å². The van der Waals surface area contributed by atoms with Gasteiger partial charge in [0.25, 0.3) is 5.91 Å². The predicted octanol–water partition coefficient (Wildman–Crippen LogP) is 3.08. The number of benzene rings is 1. The van der Waals surface area contributed by atoms with E-state index >= 15 is 0 Å². The summed E-state index contributed by atoms with van der Waals surface area (Å²) in [6, 6.07) is 7.80. The Morgan fingerprint density at radius 1 is 1.35 bits per heavy atom. The normalized spacial score (nSPS) is 16.1. The number of hydrogen-bond acceptors (Lipinski definition) is 2. The van der Waals surface area contributed by atoms with Crippen molar-refractivity contribution >= 4 is 16.8 Å². The number of hydrogen-bond donors (Lipinski definition) is 1. The first kappa shape index (κ1) is 12.6. The minimum Gasteiger partial charge on any atom is -0.360 e. The van der Waals surface area contributed by atoms with E-state index in [-0.39, 0.29) is 11.9 Å². The third kappa shape index (κ3) is 2.21. The van der Waals surface area contributed by atoms with Crippen molar-refractivity contribution in [2.24, 2.45) is 5.11 Å². The number of amides is 1. The van der Waals surface area contributed by atoms with Gasteiger partial charge in [-0.1, -0.05) is 23.3 Å². The number of H-pyrrole nitrogens is 1. The maximum atomic E-state index is 12.5. The SMILES string of the molecule is [N-]=[N+]=NC1CCN(C(=O)c2c[nH]c3ccccc23)CC1. The van der Waals surface area contributed by atoms with Crippen LogP contribution in [0.15, 0.2) is 35.6 Å². The molecule has 0 aliphatic carbocycles. The molecule has 6 heteroatoms. The molecular weight excluding hydrogens is 254 g/mol. The Balaban J connectivity index is 1.78. The second-order valence-electron chi connectivity index (χ2n) is 4.98. The Hall–Kier alpha value is -2.46. The number of likely N-dealkylation sites (tertiary alicyclic amines) is 1. The van der Waals surface area contributed by atoms with E-state index in [1.807, 2.05) is 29.2 Å². The zero-order chi connectivity index (χ0) is 13.9. The molecular formula is C14H15N5O. The van der Waals surface area contributed by atoms with Crippen LogP contribution in [0.2, 0.25) is 0 Å². The lowest BCUT2D eigenvalue weighted by atomic mass is 10.0. The van der Waals surface area contributed by atoms with Crippen molar-refractivity contribution in [3.8, 4) is 0 Å². The third-order valence-corrected chi connectivity index (χ3v) is 3.79. The van der Waals surface area contributed by atoms with Crippen molar-refractivity contribution in [1.82, 2.24) is 9.88 Å². The highest BCUT2D eigenvalue weighted by Crippen LogP contribution is 2.22. The molecule has 2 aromatic rings. The number of nitrogens with zero attached hydrogens (tertiary/aromatic N) is 4. The van der Waals surface area contributed by atoms with E-state index in [1.54, 1.807) is 6.20 Å². The highest BCUT2D eigenvalue weighted by atomic mass is 16.2. The van der Waals surface area contributed by atoms with Gasteiger partial charge in [-0.2, -0.15) is 0 Å². The molecule has 20 heavy (non-hydrogen) atoms. The van der Waals surface area contributed by atoms with Crippen LogP contribution in [0.25, 0.3) is 21.3 Å². The quantitative estimate of drug-likeness (QED) is 0.507. The van der Waals surface area contributed by atoms with Crippen LogP contribution in [-0.4, -0.2) is 34.9 Å². The van der Waals surface area contributed by atoms with Gasteiger partial charge < -0.3 is 9.88 Å². The van der Waals surface area contributed by atoms with Gasteiger partial charge in [0, 0.05) is 41.1 Å². The van der Waals surface area contributed by atoms with E-state index in [0.717, 1.165) is 23.7 Å². The van der Waals surface area contributed by atoms with E-state index in [9.17, 15) is 4.79 Å². The second kappa shape index (κ2) is 5.27. The fourth-order valence-corrected chi connectivity index (χ4v) is 2.68. The summed E-state index contributed by atoms with van der Waals surface area (Å²) in [4.78, 5) is 20.3. The molecule has 2 heterocycles. The minimum absolute atomic E-state index is 0.0204. The van der Waals surface area contributed by atoms with Gasteiger partial charge >= 0.3 is 0 Å². The first-order chi connectivity index (χ1) is 9.79. The number of piperidine rings is 1. The van der Waals surface area contributed by atoms with Gasteiger partial charge in [-0.05, 0) is 24.4 Å². The number of carbonyl (C=O) groups excluding carboxylic acids is 1. The third-order valence-electron chi connectivity index (χ3n) is 3.79. The molecule has 0 spiro atoms. The standard InChI is InChI=1S/C14H15N5O/c15-18-17-10-5-7-19(8-6-10)14(20)12-9-16-13-4-2-1-3-11(12)13/h1-4,9-10,16H,5-8H2. The molecule has 1 aromatic heterocycles. The summed E-state index contributed by atoms with van der Waals surface area (Å²) in [5, 5.41) is 4.68. The summed E-state index contributed by atoms with van der Waals surface area (Å²) < 4.78 is 0. The largest absolute Gasteiger partial charge is 0.360 e. The zero-order valence-corrected chi connectivity index (χ0v) is 11.0. The Morgan fingerprint density at radius 2 is 2.10 bits per heavy atom. The van der Waals surface area contributed by atoms with Gasteiger partial charge in [-0.25, -0.2) is 0 Å². The lowest BCUT2D eigenvalue weighted by Gasteiger charge is -2.29. The highest BCUT2D eigenvalue weighted by molar-refractivity contribution is 6.06. The van der Waals surface area contributed by atoms with Crippen molar-refractivity contribution in [2.75, 3.05) is 13.1 Å². The molecule has 1 saturated heterocycles. The van der Waals surface area contributed by atoms with E-state index in [2.05, 4.69) is 15.0 Å². The number of fused-ring (bicyclic) bond motifs is 1. The molecule has 3 rings (SSSR count). The van der Waals surface area contributed by atoms with Crippen molar-refractivity contribution in [3.05, 3.63) is 46.5 Å². The molecule has 1 fully saturated rings. The van der Waals surface area contributed by atoms with Crippen LogP contribution in [-0.2, 0) is 0 Å². The Bertz CT molecular complexity index is 678. The maximum Gasteiger partial charge on any atom is 0.256 e. The first-order valence-electron chi connectivity index (χ1n) is 6.69. The van der Waals surface area contributed by atoms with Gasteiger partial charge in [-0.15, -0.1) is 0 Å². The lowest BCUT2D eigenvalue weighted by Crippen LogP contribution is -2.39. The fraction of sp³-hybridized carbons (Fsp3) is 0.357. The van der Waals surface area contributed by atoms with Crippen LogP contribution in [0.3, 0.4) is 0 Å². The number of aromatic amines is 1. The summed E-state index contributed by atoms with van der Waals surface area (Å²) in [5.41, 5.74) is 10.1. The fourth-order valence-electron chi connectivity index (χ4n) is 2.68. The Kier molecular flexibility index (Phi) is 3.31.